The van der Waals surface area contributed by atoms with E-state index in [1.807, 2.05) is 0 Å². The lowest BCUT2D eigenvalue weighted by Gasteiger charge is -2.12. The molecule has 1 heterocycles. The zero-order valence-electron chi connectivity index (χ0n) is 11.6. The monoisotopic (exact) mass is 351 g/mol. The van der Waals surface area contributed by atoms with Gasteiger partial charge in [-0.05, 0) is 30.3 Å². The Morgan fingerprint density at radius 2 is 1.70 bits per heavy atom. The molecule has 3 rings (SSSR count). The zero-order chi connectivity index (χ0) is 16.6. The van der Waals surface area contributed by atoms with Crippen molar-refractivity contribution in [3.8, 4) is 17.3 Å². The number of anilines is 1. The van der Waals surface area contributed by atoms with Gasteiger partial charge >= 0.3 is 5.56 Å². The van der Waals surface area contributed by atoms with Crippen molar-refractivity contribution >= 4 is 28.9 Å². The number of hydrogen-bond donors (Lipinski definition) is 2. The molecule has 0 bridgehead atoms. The molecule has 118 valence electrons. The largest absolute Gasteiger partial charge is 0.492 e. The van der Waals surface area contributed by atoms with E-state index in [1.54, 1.807) is 42.5 Å². The average Bonchev–Trinajstić information content (AvgIpc) is 2.72. The van der Waals surface area contributed by atoms with Crippen LogP contribution in [-0.2, 0) is 0 Å². The summed E-state index contributed by atoms with van der Waals surface area (Å²) in [5.74, 6) is -0.139. The molecule has 0 aliphatic carbocycles. The fourth-order valence-corrected chi connectivity index (χ4v) is 2.40. The van der Waals surface area contributed by atoms with Gasteiger partial charge in [0, 0.05) is 16.1 Å². The van der Waals surface area contributed by atoms with Gasteiger partial charge in [0.1, 0.15) is 0 Å². The molecule has 0 unspecified atom stereocenters. The Morgan fingerprint density at radius 3 is 2.35 bits per heavy atom. The molecule has 1 aromatic heterocycles. The molecule has 23 heavy (non-hydrogen) atoms. The molecule has 0 saturated carbocycles. The van der Waals surface area contributed by atoms with Crippen molar-refractivity contribution in [1.82, 2.24) is 9.53 Å². The van der Waals surface area contributed by atoms with Gasteiger partial charge in [-0.2, -0.15) is 4.68 Å². The normalized spacial score (nSPS) is 10.7. The van der Waals surface area contributed by atoms with Crippen molar-refractivity contribution in [3.63, 3.8) is 0 Å². The average molecular weight is 352 g/mol. The van der Waals surface area contributed by atoms with E-state index < -0.39 is 11.4 Å². The molecule has 3 aromatic rings. The summed E-state index contributed by atoms with van der Waals surface area (Å²) < 4.78 is 1.12. The highest BCUT2D eigenvalue weighted by Gasteiger charge is 2.20. The molecule has 0 spiro atoms. The van der Waals surface area contributed by atoms with Crippen molar-refractivity contribution < 1.29 is 9.94 Å². The van der Waals surface area contributed by atoms with Gasteiger partial charge in [0.2, 0.25) is 5.88 Å². The summed E-state index contributed by atoms with van der Waals surface area (Å²) in [6, 6.07) is 13.0. The quantitative estimate of drug-likeness (QED) is 0.759. The molecular formula is C15H11Cl2N3O3. The van der Waals surface area contributed by atoms with E-state index in [0.717, 1.165) is 9.53 Å². The summed E-state index contributed by atoms with van der Waals surface area (Å²) in [5.41, 5.74) is 4.98. The van der Waals surface area contributed by atoms with Crippen LogP contribution in [-0.4, -0.2) is 14.6 Å². The van der Waals surface area contributed by atoms with Crippen LogP contribution in [0, 0.1) is 0 Å². The van der Waals surface area contributed by atoms with Crippen LogP contribution in [0.15, 0.2) is 53.3 Å². The highest BCUT2D eigenvalue weighted by Crippen LogP contribution is 2.25. The maximum atomic E-state index is 12.2. The third-order valence-electron chi connectivity index (χ3n) is 3.07. The Morgan fingerprint density at radius 1 is 1.04 bits per heavy atom. The lowest BCUT2D eigenvalue weighted by Crippen LogP contribution is -2.27. The van der Waals surface area contributed by atoms with E-state index in [4.69, 9.17) is 33.8 Å². The number of nitrogens with two attached hydrogens (primary N) is 1. The van der Waals surface area contributed by atoms with E-state index in [2.05, 4.69) is 0 Å². The third kappa shape index (κ3) is 2.86. The van der Waals surface area contributed by atoms with E-state index in [1.165, 1.54) is 6.07 Å². The van der Waals surface area contributed by atoms with Crippen LogP contribution in [0.1, 0.15) is 0 Å². The molecule has 0 aliphatic rings. The molecule has 0 radical (unpaired) electrons. The Kier molecular flexibility index (Phi) is 3.94. The summed E-state index contributed by atoms with van der Waals surface area (Å²) in [4.78, 5) is 18.6. The number of halogens is 2. The highest BCUT2D eigenvalue weighted by molar-refractivity contribution is 6.31. The standard InChI is InChI=1S/C15H11Cl2N3O3/c16-9-3-1-5-11(7-9)19-14(21)13(18)15(22)20(19)23-12-6-2-4-10(17)8-12/h1-8,21H,18H2. The smallest absolute Gasteiger partial charge is 0.330 e. The van der Waals surface area contributed by atoms with Crippen LogP contribution in [0.5, 0.6) is 11.6 Å². The minimum Gasteiger partial charge on any atom is -0.492 e. The first-order valence-corrected chi connectivity index (χ1v) is 7.25. The second-order valence-electron chi connectivity index (χ2n) is 4.66. The van der Waals surface area contributed by atoms with Gasteiger partial charge in [-0.25, -0.2) is 0 Å². The summed E-state index contributed by atoms with van der Waals surface area (Å²) >= 11 is 11.9. The molecule has 8 heteroatoms. The fraction of sp³-hybridized carbons (Fsp3) is 0. The Labute approximate surface area is 140 Å². The molecule has 0 fully saturated rings. The predicted octanol–water partition coefficient (Wildman–Crippen LogP) is 3.08. The highest BCUT2D eigenvalue weighted by atomic mass is 35.5. The number of benzene rings is 2. The first kappa shape index (κ1) is 15.3. The van der Waals surface area contributed by atoms with Crippen LogP contribution < -0.4 is 16.1 Å². The molecule has 0 atom stereocenters. The van der Waals surface area contributed by atoms with Gasteiger partial charge in [-0.1, -0.05) is 40.2 Å². The minimum absolute atomic E-state index is 0.306. The molecule has 0 aliphatic heterocycles. The molecular weight excluding hydrogens is 341 g/mol. The van der Waals surface area contributed by atoms with Crippen LogP contribution in [0.2, 0.25) is 10.0 Å². The molecule has 0 saturated heterocycles. The van der Waals surface area contributed by atoms with Crippen molar-refractivity contribution in [2.75, 3.05) is 5.73 Å². The van der Waals surface area contributed by atoms with Gasteiger partial charge in [-0.15, -0.1) is 0 Å². The van der Waals surface area contributed by atoms with E-state index in [0.29, 0.717) is 21.5 Å². The minimum atomic E-state index is -0.706. The lowest BCUT2D eigenvalue weighted by atomic mass is 10.3. The number of nitrogen functional groups attached to an aromatic ring is 1. The fourth-order valence-electron chi connectivity index (χ4n) is 2.03. The molecule has 2 aromatic carbocycles. The van der Waals surface area contributed by atoms with Gasteiger partial charge in [0.25, 0.3) is 0 Å². The van der Waals surface area contributed by atoms with E-state index in [9.17, 15) is 9.90 Å². The topological polar surface area (TPSA) is 82.4 Å². The Hall–Kier alpha value is -2.57. The number of rotatable bonds is 3. The van der Waals surface area contributed by atoms with Crippen LogP contribution in [0.3, 0.4) is 0 Å². The first-order valence-electron chi connectivity index (χ1n) is 6.49. The van der Waals surface area contributed by atoms with Gasteiger partial charge in [0.15, 0.2) is 11.4 Å². The number of hydrogen-bond acceptors (Lipinski definition) is 4. The van der Waals surface area contributed by atoms with Crippen LogP contribution in [0.4, 0.5) is 5.69 Å². The summed E-state index contributed by atoms with van der Waals surface area (Å²) in [6.45, 7) is 0. The number of aromatic hydroxyl groups is 1. The maximum absolute atomic E-state index is 12.2. The number of nitrogens with zero attached hydrogens (tertiary/aromatic N) is 2. The summed E-state index contributed by atoms with van der Waals surface area (Å²) in [6.07, 6.45) is 0. The third-order valence-corrected chi connectivity index (χ3v) is 3.54. The van der Waals surface area contributed by atoms with Gasteiger partial charge in [-0.3, -0.25) is 4.79 Å². The summed E-state index contributed by atoms with van der Waals surface area (Å²) in [5, 5.41) is 11.0. The van der Waals surface area contributed by atoms with Gasteiger partial charge < -0.3 is 15.7 Å². The Bertz CT molecular complexity index is 934. The SMILES string of the molecule is Nc1c(O)n(-c2cccc(Cl)c2)n(Oc2cccc(Cl)c2)c1=O. The second kappa shape index (κ2) is 5.91. The Balaban J connectivity index is 2.17. The predicted molar refractivity (Wildman–Crippen MR) is 88.6 cm³/mol. The van der Waals surface area contributed by atoms with Crippen LogP contribution >= 0.6 is 23.2 Å². The maximum Gasteiger partial charge on any atom is 0.330 e. The molecule has 6 nitrogen and oxygen atoms in total. The second-order valence-corrected chi connectivity index (χ2v) is 5.53. The van der Waals surface area contributed by atoms with Gasteiger partial charge in [0.05, 0.1) is 5.69 Å². The van der Waals surface area contributed by atoms with Crippen molar-refractivity contribution in [2.45, 2.75) is 0 Å². The van der Waals surface area contributed by atoms with Crippen molar-refractivity contribution in [2.24, 2.45) is 0 Å². The van der Waals surface area contributed by atoms with E-state index >= 15 is 0 Å². The molecule has 3 N–H and O–H groups in total. The zero-order valence-corrected chi connectivity index (χ0v) is 13.1. The van der Waals surface area contributed by atoms with Crippen molar-refractivity contribution in [1.29, 1.82) is 0 Å². The first-order chi connectivity index (χ1) is 11.0. The summed E-state index contributed by atoms with van der Waals surface area (Å²) in [7, 11) is 0. The number of aromatic nitrogens is 2. The van der Waals surface area contributed by atoms with Crippen molar-refractivity contribution in [3.05, 3.63) is 68.9 Å². The van der Waals surface area contributed by atoms with E-state index in [-0.39, 0.29) is 5.69 Å². The lowest BCUT2D eigenvalue weighted by molar-refractivity contribution is 0.144. The molecule has 0 amide bonds. The van der Waals surface area contributed by atoms with Crippen LogP contribution in [0.25, 0.3) is 5.69 Å².